The van der Waals surface area contributed by atoms with E-state index in [4.69, 9.17) is 4.74 Å². The van der Waals surface area contributed by atoms with Crippen LogP contribution in [-0.4, -0.2) is 18.8 Å². The van der Waals surface area contributed by atoms with Crippen molar-refractivity contribution in [1.82, 2.24) is 0 Å². The van der Waals surface area contributed by atoms with Gasteiger partial charge in [-0.05, 0) is 36.5 Å². The van der Waals surface area contributed by atoms with Crippen molar-refractivity contribution in [2.24, 2.45) is 5.92 Å². The maximum absolute atomic E-state index is 13.1. The highest BCUT2D eigenvalue weighted by molar-refractivity contribution is 5.27. The Morgan fingerprint density at radius 2 is 1.88 bits per heavy atom. The molecular formula is C12H14F2O2. The minimum atomic E-state index is -1.27. The van der Waals surface area contributed by atoms with Crippen molar-refractivity contribution in [3.63, 3.8) is 0 Å². The SMILES string of the molecule is COCC(O)(c1cc(F)cc(F)c1)C1CC1. The van der Waals surface area contributed by atoms with E-state index in [1.165, 1.54) is 19.2 Å². The molecule has 0 amide bonds. The summed E-state index contributed by atoms with van der Waals surface area (Å²) in [5.41, 5.74) is -1.01. The fourth-order valence-electron chi connectivity index (χ4n) is 2.02. The van der Waals surface area contributed by atoms with Crippen LogP contribution in [0.1, 0.15) is 18.4 Å². The van der Waals surface area contributed by atoms with Gasteiger partial charge >= 0.3 is 0 Å². The molecule has 0 spiro atoms. The highest BCUT2D eigenvalue weighted by atomic mass is 19.1. The minimum absolute atomic E-state index is 0.0358. The number of ether oxygens (including phenoxy) is 1. The molecule has 0 radical (unpaired) electrons. The number of methoxy groups -OCH3 is 1. The molecule has 0 saturated heterocycles. The van der Waals surface area contributed by atoms with Gasteiger partial charge in [0.1, 0.15) is 17.2 Å². The lowest BCUT2D eigenvalue weighted by atomic mass is 9.89. The quantitative estimate of drug-likeness (QED) is 0.856. The zero-order valence-corrected chi connectivity index (χ0v) is 9.04. The Balaban J connectivity index is 2.37. The van der Waals surface area contributed by atoms with E-state index in [1.807, 2.05) is 0 Å². The Morgan fingerprint density at radius 3 is 2.31 bits per heavy atom. The first-order chi connectivity index (χ1) is 7.56. The van der Waals surface area contributed by atoms with Crippen LogP contribution in [0.2, 0.25) is 0 Å². The molecule has 1 atom stereocenters. The Morgan fingerprint density at radius 1 is 1.31 bits per heavy atom. The predicted molar refractivity (Wildman–Crippen MR) is 54.9 cm³/mol. The average molecular weight is 228 g/mol. The van der Waals surface area contributed by atoms with Crippen LogP contribution >= 0.6 is 0 Å². The fourth-order valence-corrected chi connectivity index (χ4v) is 2.02. The third-order valence-corrected chi connectivity index (χ3v) is 2.98. The second-order valence-electron chi connectivity index (χ2n) is 4.29. The maximum atomic E-state index is 13.1. The van der Waals surface area contributed by atoms with Crippen LogP contribution in [0.15, 0.2) is 18.2 Å². The molecule has 1 unspecified atom stereocenters. The lowest BCUT2D eigenvalue weighted by molar-refractivity contribution is -0.0536. The number of hydrogen-bond acceptors (Lipinski definition) is 2. The Bertz CT molecular complexity index is 370. The van der Waals surface area contributed by atoms with Gasteiger partial charge in [0.05, 0.1) is 6.61 Å². The molecule has 1 saturated carbocycles. The third kappa shape index (κ3) is 2.08. The van der Waals surface area contributed by atoms with Crippen LogP contribution in [0.25, 0.3) is 0 Å². The first kappa shape index (κ1) is 11.5. The van der Waals surface area contributed by atoms with Gasteiger partial charge in [-0.2, -0.15) is 0 Å². The van der Waals surface area contributed by atoms with E-state index in [9.17, 15) is 13.9 Å². The smallest absolute Gasteiger partial charge is 0.126 e. The summed E-state index contributed by atoms with van der Waals surface area (Å²) in [6.45, 7) is 0.0561. The van der Waals surface area contributed by atoms with Crippen molar-refractivity contribution < 1.29 is 18.6 Å². The van der Waals surface area contributed by atoms with Crippen LogP contribution in [-0.2, 0) is 10.3 Å². The molecule has 16 heavy (non-hydrogen) atoms. The Labute approximate surface area is 92.9 Å². The van der Waals surface area contributed by atoms with Gasteiger partial charge in [0.15, 0.2) is 0 Å². The fraction of sp³-hybridized carbons (Fsp3) is 0.500. The summed E-state index contributed by atoms with van der Waals surface area (Å²) in [7, 11) is 1.46. The number of rotatable bonds is 4. The van der Waals surface area contributed by atoms with Crippen LogP contribution in [0, 0.1) is 17.6 Å². The highest BCUT2D eigenvalue weighted by Crippen LogP contribution is 2.46. The first-order valence-corrected chi connectivity index (χ1v) is 5.24. The van der Waals surface area contributed by atoms with E-state index in [2.05, 4.69) is 0 Å². The summed E-state index contributed by atoms with van der Waals surface area (Å²) in [6.07, 6.45) is 1.72. The topological polar surface area (TPSA) is 29.5 Å². The second kappa shape index (κ2) is 4.11. The molecule has 88 valence electrons. The molecule has 0 bridgehead atoms. The van der Waals surface area contributed by atoms with E-state index in [-0.39, 0.29) is 18.1 Å². The first-order valence-electron chi connectivity index (χ1n) is 5.24. The Hall–Kier alpha value is -1.00. The van der Waals surface area contributed by atoms with Gasteiger partial charge in [0.2, 0.25) is 0 Å². The molecule has 1 aliphatic rings. The van der Waals surface area contributed by atoms with Gasteiger partial charge < -0.3 is 9.84 Å². The molecular weight excluding hydrogens is 214 g/mol. The van der Waals surface area contributed by atoms with Gasteiger partial charge in [-0.3, -0.25) is 0 Å². The Kier molecular flexibility index (Phi) is 2.95. The maximum Gasteiger partial charge on any atom is 0.126 e. The van der Waals surface area contributed by atoms with Crippen molar-refractivity contribution in [1.29, 1.82) is 0 Å². The predicted octanol–water partition coefficient (Wildman–Crippen LogP) is 2.21. The monoisotopic (exact) mass is 228 g/mol. The molecule has 0 aromatic heterocycles. The van der Waals surface area contributed by atoms with Gasteiger partial charge in [-0.1, -0.05) is 0 Å². The summed E-state index contributed by atoms with van der Waals surface area (Å²) in [6, 6.07) is 3.13. The summed E-state index contributed by atoms with van der Waals surface area (Å²) in [5, 5.41) is 10.4. The molecule has 1 N–H and O–H groups in total. The highest BCUT2D eigenvalue weighted by Gasteiger charge is 2.45. The van der Waals surface area contributed by atoms with Crippen molar-refractivity contribution >= 4 is 0 Å². The van der Waals surface area contributed by atoms with Crippen molar-refractivity contribution in [3.05, 3.63) is 35.4 Å². The number of hydrogen-bond donors (Lipinski definition) is 1. The lowest BCUT2D eigenvalue weighted by Crippen LogP contribution is -2.34. The van der Waals surface area contributed by atoms with E-state index < -0.39 is 17.2 Å². The number of aliphatic hydroxyl groups is 1. The lowest BCUT2D eigenvalue weighted by Gasteiger charge is -2.28. The largest absolute Gasteiger partial charge is 0.382 e. The summed E-state index contributed by atoms with van der Waals surface area (Å²) >= 11 is 0. The molecule has 1 fully saturated rings. The summed E-state index contributed by atoms with van der Waals surface area (Å²) in [4.78, 5) is 0. The molecule has 1 aromatic rings. The molecule has 2 nitrogen and oxygen atoms in total. The number of benzene rings is 1. The van der Waals surface area contributed by atoms with E-state index >= 15 is 0 Å². The van der Waals surface area contributed by atoms with E-state index in [1.54, 1.807) is 0 Å². The van der Waals surface area contributed by atoms with Crippen LogP contribution in [0.3, 0.4) is 0 Å². The average Bonchev–Trinajstić information content (AvgIpc) is 2.99. The van der Waals surface area contributed by atoms with E-state index in [0.717, 1.165) is 18.9 Å². The minimum Gasteiger partial charge on any atom is -0.382 e. The number of halogens is 2. The molecule has 0 aliphatic heterocycles. The van der Waals surface area contributed by atoms with Crippen molar-refractivity contribution in [3.8, 4) is 0 Å². The zero-order valence-electron chi connectivity index (χ0n) is 9.04. The normalized spacial score (nSPS) is 19.5. The molecule has 2 rings (SSSR count). The van der Waals surface area contributed by atoms with Crippen LogP contribution < -0.4 is 0 Å². The zero-order chi connectivity index (χ0) is 11.8. The van der Waals surface area contributed by atoms with Crippen molar-refractivity contribution in [2.75, 3.05) is 13.7 Å². The van der Waals surface area contributed by atoms with Gasteiger partial charge in [0.25, 0.3) is 0 Å². The molecule has 1 aliphatic carbocycles. The standard InChI is InChI=1S/C12H14F2O2/c1-16-7-12(15,8-2-3-8)9-4-10(13)6-11(14)5-9/h4-6,8,15H,2-3,7H2,1H3. The molecule has 1 aromatic carbocycles. The van der Waals surface area contributed by atoms with Gasteiger partial charge in [-0.15, -0.1) is 0 Å². The molecule has 0 heterocycles. The summed E-state index contributed by atoms with van der Waals surface area (Å²) < 4.78 is 31.1. The summed E-state index contributed by atoms with van der Waals surface area (Å²) in [5.74, 6) is -1.32. The van der Waals surface area contributed by atoms with Crippen molar-refractivity contribution in [2.45, 2.75) is 18.4 Å². The van der Waals surface area contributed by atoms with Crippen LogP contribution in [0.5, 0.6) is 0 Å². The second-order valence-corrected chi connectivity index (χ2v) is 4.29. The third-order valence-electron chi connectivity index (χ3n) is 2.98. The van der Waals surface area contributed by atoms with Gasteiger partial charge in [-0.25, -0.2) is 8.78 Å². The van der Waals surface area contributed by atoms with Gasteiger partial charge in [0, 0.05) is 13.2 Å². The molecule has 4 heteroatoms. The van der Waals surface area contributed by atoms with Crippen LogP contribution in [0.4, 0.5) is 8.78 Å². The van der Waals surface area contributed by atoms with E-state index in [0.29, 0.717) is 0 Å².